The van der Waals surface area contributed by atoms with Crippen molar-refractivity contribution in [2.45, 2.75) is 18.9 Å². The number of hydrogen-bond donors (Lipinski definition) is 2. The van der Waals surface area contributed by atoms with Crippen molar-refractivity contribution < 1.29 is 8.78 Å². The molecular formula is C25H25F2N5. The highest BCUT2D eigenvalue weighted by atomic mass is 19.1. The lowest BCUT2D eigenvalue weighted by Gasteiger charge is -2.37. The van der Waals surface area contributed by atoms with Crippen LogP contribution in [0.15, 0.2) is 60.6 Å². The van der Waals surface area contributed by atoms with Crippen LogP contribution in [0.4, 0.5) is 25.8 Å². The number of fused-ring (bicyclic) bond motifs is 1. The molecule has 32 heavy (non-hydrogen) atoms. The summed E-state index contributed by atoms with van der Waals surface area (Å²) in [4.78, 5) is 8.70. The van der Waals surface area contributed by atoms with Gasteiger partial charge in [-0.3, -0.25) is 4.98 Å². The van der Waals surface area contributed by atoms with Gasteiger partial charge in [-0.05, 0) is 54.3 Å². The normalized spacial score (nSPS) is 18.3. The van der Waals surface area contributed by atoms with Crippen molar-refractivity contribution in [3.05, 3.63) is 77.8 Å². The summed E-state index contributed by atoms with van der Waals surface area (Å²) < 4.78 is 29.0. The van der Waals surface area contributed by atoms with Crippen molar-refractivity contribution in [1.82, 2.24) is 4.98 Å². The number of anilines is 3. The molecule has 1 saturated heterocycles. The van der Waals surface area contributed by atoms with Crippen LogP contribution in [0.5, 0.6) is 0 Å². The van der Waals surface area contributed by atoms with Crippen molar-refractivity contribution in [1.29, 1.82) is 0 Å². The molecule has 0 amide bonds. The quantitative estimate of drug-likeness (QED) is 0.640. The van der Waals surface area contributed by atoms with Gasteiger partial charge < -0.3 is 21.3 Å². The minimum atomic E-state index is -0.591. The maximum Gasteiger partial charge on any atom is 0.133 e. The predicted molar refractivity (Wildman–Crippen MR) is 125 cm³/mol. The first-order chi connectivity index (χ1) is 15.5. The second kappa shape index (κ2) is 8.24. The molecule has 0 aliphatic carbocycles. The molecule has 0 radical (unpaired) electrons. The summed E-state index contributed by atoms with van der Waals surface area (Å²) in [6.45, 7) is 2.13. The Labute approximate surface area is 186 Å². The Bertz CT molecular complexity index is 1170. The zero-order chi connectivity index (χ0) is 22.2. The second-order valence-electron chi connectivity index (χ2n) is 8.39. The highest BCUT2D eigenvalue weighted by Gasteiger charge is 2.26. The summed E-state index contributed by atoms with van der Waals surface area (Å²) >= 11 is 0. The zero-order valence-electron chi connectivity index (χ0n) is 17.6. The molecule has 1 unspecified atom stereocenters. The predicted octanol–water partition coefficient (Wildman–Crippen LogP) is 4.41. The molecule has 3 aromatic rings. The molecule has 2 aliphatic rings. The Balaban J connectivity index is 1.62. The Hall–Kier alpha value is -3.45. The van der Waals surface area contributed by atoms with Crippen LogP contribution in [0.3, 0.4) is 0 Å². The monoisotopic (exact) mass is 433 g/mol. The molecule has 7 heteroatoms. The van der Waals surface area contributed by atoms with Crippen LogP contribution in [0, 0.1) is 11.6 Å². The van der Waals surface area contributed by atoms with Gasteiger partial charge in [-0.15, -0.1) is 0 Å². The summed E-state index contributed by atoms with van der Waals surface area (Å²) in [5.74, 6) is -1.18. The van der Waals surface area contributed by atoms with Gasteiger partial charge in [0.05, 0.1) is 29.7 Å². The van der Waals surface area contributed by atoms with E-state index in [4.69, 9.17) is 11.5 Å². The molecule has 1 atom stereocenters. The van der Waals surface area contributed by atoms with E-state index in [1.165, 1.54) is 18.2 Å². The van der Waals surface area contributed by atoms with Gasteiger partial charge in [0.25, 0.3) is 0 Å². The van der Waals surface area contributed by atoms with Gasteiger partial charge in [0.15, 0.2) is 0 Å². The molecule has 1 fully saturated rings. The van der Waals surface area contributed by atoms with Crippen molar-refractivity contribution in [3.8, 4) is 11.1 Å². The first-order valence-corrected chi connectivity index (χ1v) is 10.8. The minimum absolute atomic E-state index is 0.0359. The molecule has 3 heterocycles. The van der Waals surface area contributed by atoms with E-state index in [0.29, 0.717) is 17.8 Å². The largest absolute Gasteiger partial charge is 0.401 e. The minimum Gasteiger partial charge on any atom is -0.401 e. The molecule has 2 aromatic carbocycles. The van der Waals surface area contributed by atoms with Crippen LogP contribution in [0.1, 0.15) is 18.4 Å². The van der Waals surface area contributed by atoms with E-state index < -0.39 is 11.6 Å². The van der Waals surface area contributed by atoms with Gasteiger partial charge in [-0.2, -0.15) is 0 Å². The molecule has 5 rings (SSSR count). The Morgan fingerprint density at radius 2 is 1.81 bits per heavy atom. The van der Waals surface area contributed by atoms with Gasteiger partial charge >= 0.3 is 0 Å². The summed E-state index contributed by atoms with van der Waals surface area (Å²) in [6, 6.07) is 11.4. The lowest BCUT2D eigenvalue weighted by atomic mass is 9.97. The smallest absolute Gasteiger partial charge is 0.133 e. The Morgan fingerprint density at radius 3 is 2.59 bits per heavy atom. The highest BCUT2D eigenvalue weighted by Crippen LogP contribution is 2.41. The number of nitrogens with two attached hydrogens (primary N) is 2. The van der Waals surface area contributed by atoms with E-state index in [0.717, 1.165) is 48.6 Å². The summed E-state index contributed by atoms with van der Waals surface area (Å²) in [5, 5.41) is 0. The fourth-order valence-electron chi connectivity index (χ4n) is 4.64. The van der Waals surface area contributed by atoms with Crippen LogP contribution >= 0.6 is 0 Å². The van der Waals surface area contributed by atoms with Crippen LogP contribution in [0.2, 0.25) is 0 Å². The molecule has 1 aromatic heterocycles. The lowest BCUT2D eigenvalue weighted by Crippen LogP contribution is -2.43. The van der Waals surface area contributed by atoms with Crippen LogP contribution in [-0.2, 0) is 0 Å². The Morgan fingerprint density at radius 1 is 1.00 bits per heavy atom. The highest BCUT2D eigenvalue weighted by molar-refractivity contribution is 5.86. The number of rotatable bonds is 3. The van der Waals surface area contributed by atoms with E-state index in [9.17, 15) is 8.78 Å². The molecule has 4 N–H and O–H groups in total. The maximum absolute atomic E-state index is 14.5. The fraction of sp³-hybridized carbons (Fsp3) is 0.240. The van der Waals surface area contributed by atoms with Gasteiger partial charge in [-0.25, -0.2) is 8.78 Å². The molecule has 0 saturated carbocycles. The maximum atomic E-state index is 14.5. The average molecular weight is 434 g/mol. The van der Waals surface area contributed by atoms with Crippen molar-refractivity contribution in [3.63, 3.8) is 0 Å². The zero-order valence-corrected chi connectivity index (χ0v) is 17.6. The number of halogens is 2. The van der Waals surface area contributed by atoms with E-state index in [1.54, 1.807) is 12.3 Å². The van der Waals surface area contributed by atoms with Crippen LogP contribution in [-0.4, -0.2) is 30.7 Å². The third-order valence-corrected chi connectivity index (χ3v) is 6.12. The third kappa shape index (κ3) is 3.69. The SMILES string of the molecule is NC1=Cc2ccc(-c3c(F)cccc3F)cc2N(c2cnccc2N2CCCC(N)C2)C1. The standard InChI is InChI=1S/C25H25F2N5/c26-20-4-1-5-21(27)25(20)17-7-6-16-11-19(29)15-32(23(16)12-17)24-13-30-9-8-22(24)31-10-2-3-18(28)14-31/h1,4-9,11-13,18H,2-3,10,14-15,28-29H2. The number of hydrogen-bond acceptors (Lipinski definition) is 5. The van der Waals surface area contributed by atoms with Crippen LogP contribution in [0.25, 0.3) is 17.2 Å². The third-order valence-electron chi connectivity index (χ3n) is 6.12. The molecular weight excluding hydrogens is 408 g/mol. The molecule has 0 bridgehead atoms. The first kappa shape index (κ1) is 20.5. The lowest BCUT2D eigenvalue weighted by molar-refractivity contribution is 0.506. The summed E-state index contributed by atoms with van der Waals surface area (Å²) in [5.41, 5.74) is 17.3. The molecule has 164 valence electrons. The van der Waals surface area contributed by atoms with Gasteiger partial charge in [0.1, 0.15) is 11.6 Å². The summed E-state index contributed by atoms with van der Waals surface area (Å²) in [6.07, 6.45) is 7.53. The average Bonchev–Trinajstić information content (AvgIpc) is 2.78. The summed E-state index contributed by atoms with van der Waals surface area (Å²) in [7, 11) is 0. The van der Waals surface area contributed by atoms with Gasteiger partial charge in [0.2, 0.25) is 0 Å². The van der Waals surface area contributed by atoms with Crippen LogP contribution < -0.4 is 21.3 Å². The Kier molecular flexibility index (Phi) is 5.27. The van der Waals surface area contributed by atoms with E-state index in [-0.39, 0.29) is 11.6 Å². The topological polar surface area (TPSA) is 71.4 Å². The first-order valence-electron chi connectivity index (χ1n) is 10.8. The van der Waals surface area contributed by atoms with E-state index >= 15 is 0 Å². The second-order valence-corrected chi connectivity index (χ2v) is 8.39. The van der Waals surface area contributed by atoms with Gasteiger partial charge in [0, 0.05) is 36.7 Å². The number of nitrogens with zero attached hydrogens (tertiary/aromatic N) is 3. The molecule has 5 nitrogen and oxygen atoms in total. The van der Waals surface area contributed by atoms with Gasteiger partial charge in [-0.1, -0.05) is 18.2 Å². The fourth-order valence-corrected chi connectivity index (χ4v) is 4.64. The van der Waals surface area contributed by atoms with E-state index in [2.05, 4.69) is 14.8 Å². The van der Waals surface area contributed by atoms with Crippen molar-refractivity contribution in [2.24, 2.45) is 11.5 Å². The number of benzene rings is 2. The number of aromatic nitrogens is 1. The number of pyridine rings is 1. The van der Waals surface area contributed by atoms with Crippen molar-refractivity contribution in [2.75, 3.05) is 29.4 Å². The van der Waals surface area contributed by atoms with E-state index in [1.807, 2.05) is 30.5 Å². The molecule has 2 aliphatic heterocycles. The van der Waals surface area contributed by atoms with Crippen molar-refractivity contribution >= 4 is 23.1 Å². The molecule has 0 spiro atoms. The number of piperidine rings is 1.